The van der Waals surface area contributed by atoms with Crippen LogP contribution in [0, 0.1) is 0 Å². The number of carbonyl (C=O) groups excluding carboxylic acids is 6. The molecule has 18 nitrogen and oxygen atoms in total. The maximum atomic E-state index is 14.8. The molecule has 0 spiro atoms. The molecule has 4 aromatic carbocycles. The van der Waals surface area contributed by atoms with Gasteiger partial charge >= 0.3 is 5.97 Å². The summed E-state index contributed by atoms with van der Waals surface area (Å²) in [5, 5.41) is 33.4. The van der Waals surface area contributed by atoms with Crippen LogP contribution < -0.4 is 32.7 Å². The lowest BCUT2D eigenvalue weighted by atomic mass is 9.99. The highest BCUT2D eigenvalue weighted by Crippen LogP contribution is 2.22. The Bertz CT molecular complexity index is 2760. The minimum atomic E-state index is -1.92. The summed E-state index contributed by atoms with van der Waals surface area (Å²) in [5.41, 5.74) is 16.5. The number of para-hydroxylation sites is 2. The van der Waals surface area contributed by atoms with Gasteiger partial charge in [0.25, 0.3) is 5.91 Å². The van der Waals surface area contributed by atoms with Gasteiger partial charge in [0.1, 0.15) is 30.2 Å². The third-order valence-electron chi connectivity index (χ3n) is 12.1. The number of aliphatic carboxylic acids is 1. The number of H-pyrrole nitrogens is 2. The van der Waals surface area contributed by atoms with Gasteiger partial charge in [-0.2, -0.15) is 0 Å². The lowest BCUT2D eigenvalue weighted by molar-refractivity contribution is -0.157. The number of nitrogens with zero attached hydrogens (tertiary/aromatic N) is 1. The number of rotatable bonds is 24. The van der Waals surface area contributed by atoms with Gasteiger partial charge in [-0.1, -0.05) is 97.1 Å². The van der Waals surface area contributed by atoms with E-state index in [4.69, 9.17) is 11.5 Å². The zero-order chi connectivity index (χ0) is 50.3. The molecule has 70 heavy (non-hydrogen) atoms. The first-order valence-electron chi connectivity index (χ1n) is 23.2. The van der Waals surface area contributed by atoms with Crippen molar-refractivity contribution >= 4 is 63.2 Å². The quantitative estimate of drug-likeness (QED) is 0.0394. The van der Waals surface area contributed by atoms with E-state index in [1.807, 2.05) is 78.9 Å². The van der Waals surface area contributed by atoms with Gasteiger partial charge in [0.2, 0.25) is 29.5 Å². The third kappa shape index (κ3) is 13.5. The molecule has 0 aliphatic heterocycles. The van der Waals surface area contributed by atoms with Crippen LogP contribution in [0.25, 0.3) is 21.8 Å². The van der Waals surface area contributed by atoms with Gasteiger partial charge in [0.15, 0.2) is 0 Å². The first kappa shape index (κ1) is 51.7. The number of fused-ring (bicyclic) bond motifs is 2. The molecule has 0 aliphatic carbocycles. The van der Waals surface area contributed by atoms with E-state index in [0.717, 1.165) is 34.3 Å². The smallest absolute Gasteiger partial charge is 0.326 e. The third-order valence-corrected chi connectivity index (χ3v) is 12.1. The Morgan fingerprint density at radius 2 is 1.04 bits per heavy atom. The molecule has 18 heteroatoms. The molecule has 6 rings (SSSR count). The Hall–Kier alpha value is -7.67. The fourth-order valence-electron chi connectivity index (χ4n) is 8.51. The van der Waals surface area contributed by atoms with Crippen LogP contribution >= 0.6 is 0 Å². The molecule has 0 saturated carbocycles. The van der Waals surface area contributed by atoms with Crippen molar-refractivity contribution in [3.05, 3.63) is 144 Å². The second kappa shape index (κ2) is 24.6. The first-order valence-corrected chi connectivity index (χ1v) is 23.2. The number of aromatic amines is 2. The molecule has 0 fully saturated rings. The molecular weight excluding hydrogens is 895 g/mol. The molecule has 0 saturated heterocycles. The van der Waals surface area contributed by atoms with E-state index in [9.17, 15) is 43.8 Å². The largest absolute Gasteiger partial charge is 0.480 e. The van der Waals surface area contributed by atoms with E-state index in [1.165, 1.54) is 6.92 Å². The van der Waals surface area contributed by atoms with E-state index in [0.29, 0.717) is 28.0 Å². The number of hydrogen-bond acceptors (Lipinski definition) is 10. The number of benzene rings is 4. The Labute approximate surface area is 405 Å². The Kier molecular flexibility index (Phi) is 18.1. The predicted molar refractivity (Wildman–Crippen MR) is 264 cm³/mol. The van der Waals surface area contributed by atoms with Gasteiger partial charge in [-0.25, -0.2) is 4.79 Å². The minimum Gasteiger partial charge on any atom is -0.480 e. The SMILES string of the molecule is CC(=O)N(C(=O)[C@H](CCCCN)NC(=O)[C@@H](Cc1c[nH]c2ccccc12)NC(=O)[C@H](Cc1c[nH]c2ccccc12)NC(=O)[C@@H](N)Cc1ccccc1)[C@H](C(=O)N[C@@H](Cc1ccccc1)C(=O)O)[C@@H](C)O. The number of imide groups is 1. The standard InChI is InChI=1S/C52H61N9O9/c1-31(62)46(50(67)60-45(52(69)70)26-34-17-7-4-8-18-34)61(32(2)63)51(68)42(23-13-14-24-53)57-48(65)44(28-36-30-56-41-22-12-10-20-38(36)41)59-49(66)43(27-35-29-55-40-21-11-9-19-37(35)40)58-47(64)39(54)25-33-15-5-3-6-16-33/h3-12,15-22,29-31,39,42-46,55-56,62H,13-14,23-28,53-54H2,1-2H3,(H,57,65)(H,58,64)(H,59,66)(H,60,67)(H,69,70)/t31-,39+,42+,43+,44-,45+,46+/m1/s1. The molecular formula is C52H61N9O9. The number of unbranched alkanes of at least 4 members (excludes halogenated alkanes) is 1. The highest BCUT2D eigenvalue weighted by molar-refractivity contribution is 6.04. The van der Waals surface area contributed by atoms with Crippen LogP contribution in [-0.4, -0.2) is 115 Å². The summed E-state index contributed by atoms with van der Waals surface area (Å²) in [6.45, 7) is 2.40. The average molecular weight is 956 g/mol. The lowest BCUT2D eigenvalue weighted by Crippen LogP contribution is -2.63. The molecule has 6 aromatic rings. The molecule has 12 N–H and O–H groups in total. The monoisotopic (exact) mass is 955 g/mol. The van der Waals surface area contributed by atoms with Crippen molar-refractivity contribution in [2.24, 2.45) is 11.5 Å². The fraction of sp³-hybridized carbons (Fsp3) is 0.327. The number of aliphatic hydroxyl groups is 1. The van der Waals surface area contributed by atoms with E-state index in [1.54, 1.807) is 42.7 Å². The van der Waals surface area contributed by atoms with Crippen molar-refractivity contribution < 1.29 is 43.8 Å². The highest BCUT2D eigenvalue weighted by Gasteiger charge is 2.42. The summed E-state index contributed by atoms with van der Waals surface area (Å²) in [4.78, 5) is 105. The molecule has 7 atom stereocenters. The molecule has 0 aliphatic rings. The van der Waals surface area contributed by atoms with E-state index in [2.05, 4.69) is 31.2 Å². The first-order chi connectivity index (χ1) is 33.6. The molecule has 6 amide bonds. The maximum absolute atomic E-state index is 14.8. The topological polar surface area (TPSA) is 295 Å². The maximum Gasteiger partial charge on any atom is 0.326 e. The normalized spacial score (nSPS) is 14.3. The Morgan fingerprint density at radius 3 is 1.53 bits per heavy atom. The number of amides is 6. The van der Waals surface area contributed by atoms with E-state index >= 15 is 0 Å². The van der Waals surface area contributed by atoms with Crippen LogP contribution in [0.5, 0.6) is 0 Å². The van der Waals surface area contributed by atoms with Crippen LogP contribution in [0.15, 0.2) is 122 Å². The number of carboxylic acids is 1. The van der Waals surface area contributed by atoms with Gasteiger partial charge in [-0.05, 0) is 73.5 Å². The number of carbonyl (C=O) groups is 7. The fourth-order valence-corrected chi connectivity index (χ4v) is 8.51. The van der Waals surface area contributed by atoms with Crippen LogP contribution in [0.3, 0.4) is 0 Å². The second-order valence-electron chi connectivity index (χ2n) is 17.4. The number of nitrogens with two attached hydrogens (primary N) is 2. The van der Waals surface area contributed by atoms with Crippen molar-refractivity contribution in [1.29, 1.82) is 0 Å². The molecule has 2 aromatic heterocycles. The van der Waals surface area contributed by atoms with Gasteiger partial charge in [0, 0.05) is 60.4 Å². The summed E-state index contributed by atoms with van der Waals surface area (Å²) in [5.74, 6) is -6.75. The van der Waals surface area contributed by atoms with Crippen molar-refractivity contribution in [3.63, 3.8) is 0 Å². The van der Waals surface area contributed by atoms with Gasteiger partial charge in [-0.3, -0.25) is 33.7 Å². The van der Waals surface area contributed by atoms with Crippen LogP contribution in [0.2, 0.25) is 0 Å². The Balaban J connectivity index is 1.31. The minimum absolute atomic E-state index is 0.00821. The van der Waals surface area contributed by atoms with Crippen LogP contribution in [0.4, 0.5) is 0 Å². The van der Waals surface area contributed by atoms with Gasteiger partial charge < -0.3 is 52.9 Å². The summed E-state index contributed by atoms with van der Waals surface area (Å²) in [6.07, 6.45) is 2.24. The molecule has 368 valence electrons. The number of aromatic nitrogens is 2. The van der Waals surface area contributed by atoms with Crippen LogP contribution in [0.1, 0.15) is 55.4 Å². The van der Waals surface area contributed by atoms with Crippen LogP contribution in [-0.2, 0) is 59.2 Å². The number of aliphatic hydroxyl groups excluding tert-OH is 1. The molecule has 0 unspecified atom stereocenters. The van der Waals surface area contributed by atoms with E-state index in [-0.39, 0.29) is 45.1 Å². The zero-order valence-corrected chi connectivity index (χ0v) is 39.1. The van der Waals surface area contributed by atoms with Crippen molar-refractivity contribution in [3.8, 4) is 0 Å². The number of carboxylic acid groups (broad SMARTS) is 1. The second-order valence-corrected chi connectivity index (χ2v) is 17.4. The molecule has 0 radical (unpaired) electrons. The molecule has 0 bridgehead atoms. The summed E-state index contributed by atoms with van der Waals surface area (Å²) < 4.78 is 0. The van der Waals surface area contributed by atoms with E-state index < -0.39 is 83.8 Å². The summed E-state index contributed by atoms with van der Waals surface area (Å²) in [6, 6.07) is 23.8. The van der Waals surface area contributed by atoms with Crippen molar-refractivity contribution in [2.45, 2.75) is 101 Å². The summed E-state index contributed by atoms with van der Waals surface area (Å²) in [7, 11) is 0. The van der Waals surface area contributed by atoms with Gasteiger partial charge in [0.05, 0.1) is 12.1 Å². The number of hydrogen-bond donors (Lipinski definition) is 10. The summed E-state index contributed by atoms with van der Waals surface area (Å²) >= 11 is 0. The number of nitrogens with one attached hydrogen (secondary N) is 6. The Morgan fingerprint density at radius 1 is 0.586 bits per heavy atom. The van der Waals surface area contributed by atoms with Crippen molar-refractivity contribution in [2.75, 3.05) is 6.54 Å². The lowest BCUT2D eigenvalue weighted by Gasteiger charge is -2.34. The molecule has 2 heterocycles. The predicted octanol–water partition coefficient (Wildman–Crippen LogP) is 2.52. The average Bonchev–Trinajstić information content (AvgIpc) is 3.95. The zero-order valence-electron chi connectivity index (χ0n) is 39.1. The van der Waals surface area contributed by atoms with Gasteiger partial charge in [-0.15, -0.1) is 0 Å². The highest BCUT2D eigenvalue weighted by atomic mass is 16.4. The van der Waals surface area contributed by atoms with Crippen molar-refractivity contribution in [1.82, 2.24) is 36.1 Å².